The molecule has 0 radical (unpaired) electrons. The second-order valence-electron chi connectivity index (χ2n) is 2.35. The Morgan fingerprint density at radius 1 is 1.42 bits per heavy atom. The van der Waals surface area contributed by atoms with Gasteiger partial charge in [-0.05, 0) is 17.2 Å². The Labute approximate surface area is 75.2 Å². The summed E-state index contributed by atoms with van der Waals surface area (Å²) >= 11 is 5.19. The van der Waals surface area contributed by atoms with Crippen molar-refractivity contribution < 1.29 is 9.59 Å². The number of rotatable bonds is 3. The first kappa shape index (κ1) is 8.94. The Bertz CT molecular complexity index is 307. The molecule has 0 fully saturated rings. The second kappa shape index (κ2) is 4.02. The number of benzene rings is 1. The molecule has 62 valence electrons. The normalized spacial score (nSPS) is 9.42. The van der Waals surface area contributed by atoms with Crippen molar-refractivity contribution >= 4 is 23.1 Å². The zero-order valence-electron chi connectivity index (χ0n) is 6.29. The largest absolute Gasteiger partial charge is 0.298 e. The molecule has 1 rings (SSSR count). The molecule has 0 atom stereocenters. The topological polar surface area (TPSA) is 34.1 Å². The second-order valence-corrected chi connectivity index (χ2v) is 2.77. The fourth-order valence-corrected chi connectivity index (χ4v) is 1.10. The lowest BCUT2D eigenvalue weighted by Crippen LogP contribution is -1.97. The third-order valence-electron chi connectivity index (χ3n) is 1.51. The van der Waals surface area contributed by atoms with E-state index in [2.05, 4.69) is 0 Å². The van der Waals surface area contributed by atoms with Gasteiger partial charge in [0, 0.05) is 12.0 Å². The van der Waals surface area contributed by atoms with Gasteiger partial charge in [0.1, 0.15) is 6.29 Å². The number of carbonyl (C=O) groups excluding carboxylic acids is 2. The molecule has 0 saturated carbocycles. The van der Waals surface area contributed by atoms with Crippen molar-refractivity contribution in [3.05, 3.63) is 35.4 Å². The van der Waals surface area contributed by atoms with E-state index in [1.54, 1.807) is 24.3 Å². The summed E-state index contributed by atoms with van der Waals surface area (Å²) in [4.78, 5) is 21.0. The monoisotopic (exact) mass is 182 g/mol. The van der Waals surface area contributed by atoms with Gasteiger partial charge in [0.2, 0.25) is 5.24 Å². The van der Waals surface area contributed by atoms with Crippen LogP contribution in [-0.4, -0.2) is 11.5 Å². The van der Waals surface area contributed by atoms with E-state index < -0.39 is 5.24 Å². The number of hydrogen-bond donors (Lipinski definition) is 0. The molecule has 2 nitrogen and oxygen atoms in total. The minimum absolute atomic E-state index is 0.108. The van der Waals surface area contributed by atoms with Gasteiger partial charge < -0.3 is 0 Å². The molecule has 1 aromatic carbocycles. The lowest BCUT2D eigenvalue weighted by Gasteiger charge is -1.98. The van der Waals surface area contributed by atoms with Gasteiger partial charge >= 0.3 is 0 Å². The van der Waals surface area contributed by atoms with E-state index in [1.165, 1.54) is 0 Å². The van der Waals surface area contributed by atoms with Gasteiger partial charge in [-0.15, -0.1) is 0 Å². The van der Waals surface area contributed by atoms with Crippen LogP contribution in [0.2, 0.25) is 0 Å². The van der Waals surface area contributed by atoms with Crippen LogP contribution >= 0.6 is 11.6 Å². The number of hydrogen-bond acceptors (Lipinski definition) is 2. The Morgan fingerprint density at radius 2 is 2.08 bits per heavy atom. The number of aldehydes is 1. The maximum Gasteiger partial charge on any atom is 0.226 e. The fraction of sp³-hybridized carbons (Fsp3) is 0.111. The molecule has 0 aliphatic heterocycles. The van der Waals surface area contributed by atoms with E-state index in [0.29, 0.717) is 11.1 Å². The van der Waals surface area contributed by atoms with Gasteiger partial charge in [-0.3, -0.25) is 9.59 Å². The maximum absolute atomic E-state index is 10.5. The predicted octanol–water partition coefficient (Wildman–Crippen LogP) is 1.81. The van der Waals surface area contributed by atoms with Crippen molar-refractivity contribution in [2.75, 3.05) is 0 Å². The standard InChI is InChI=1S/C9H7ClO2/c10-9(12)5-7-3-1-2-4-8(7)6-11/h1-4,6H,5H2. The van der Waals surface area contributed by atoms with Crippen LogP contribution in [0.5, 0.6) is 0 Å². The third-order valence-corrected chi connectivity index (χ3v) is 1.65. The molecule has 1 aromatic rings. The first-order valence-corrected chi connectivity index (χ1v) is 3.83. The summed E-state index contributed by atoms with van der Waals surface area (Å²) in [5, 5.41) is -0.454. The van der Waals surface area contributed by atoms with Crippen molar-refractivity contribution in [2.45, 2.75) is 6.42 Å². The van der Waals surface area contributed by atoms with Gasteiger partial charge in [0.15, 0.2) is 0 Å². The summed E-state index contributed by atoms with van der Waals surface area (Å²) in [6, 6.07) is 6.88. The van der Waals surface area contributed by atoms with Crippen molar-refractivity contribution in [2.24, 2.45) is 0 Å². The Morgan fingerprint density at radius 3 is 2.67 bits per heavy atom. The molecule has 0 saturated heterocycles. The minimum Gasteiger partial charge on any atom is -0.298 e. The van der Waals surface area contributed by atoms with Crippen LogP contribution in [0.3, 0.4) is 0 Å². The highest BCUT2D eigenvalue weighted by Gasteiger charge is 2.03. The molecular formula is C9H7ClO2. The zero-order valence-corrected chi connectivity index (χ0v) is 7.04. The molecule has 0 aromatic heterocycles. The molecule has 0 aliphatic carbocycles. The van der Waals surface area contributed by atoms with E-state index in [9.17, 15) is 9.59 Å². The van der Waals surface area contributed by atoms with Crippen LogP contribution < -0.4 is 0 Å². The third kappa shape index (κ3) is 2.17. The van der Waals surface area contributed by atoms with Gasteiger partial charge in [-0.1, -0.05) is 24.3 Å². The molecule has 0 bridgehead atoms. The summed E-state index contributed by atoms with van der Waals surface area (Å²) in [6.07, 6.45) is 0.825. The first-order valence-electron chi connectivity index (χ1n) is 3.45. The lowest BCUT2D eigenvalue weighted by molar-refractivity contribution is -0.111. The minimum atomic E-state index is -0.454. The highest BCUT2D eigenvalue weighted by atomic mass is 35.5. The molecule has 0 N–H and O–H groups in total. The SMILES string of the molecule is O=Cc1ccccc1CC(=O)Cl. The van der Waals surface area contributed by atoms with Crippen LogP contribution in [-0.2, 0) is 11.2 Å². The summed E-state index contributed by atoms with van der Waals surface area (Å²) in [6.45, 7) is 0. The van der Waals surface area contributed by atoms with Crippen LogP contribution in [0.25, 0.3) is 0 Å². The van der Waals surface area contributed by atoms with Crippen molar-refractivity contribution in [3.63, 3.8) is 0 Å². The van der Waals surface area contributed by atoms with E-state index in [-0.39, 0.29) is 6.42 Å². The average Bonchev–Trinajstić information content (AvgIpc) is 2.04. The molecule has 0 heterocycles. The van der Waals surface area contributed by atoms with E-state index in [4.69, 9.17) is 11.6 Å². The van der Waals surface area contributed by atoms with Crippen molar-refractivity contribution in [1.82, 2.24) is 0 Å². The van der Waals surface area contributed by atoms with Gasteiger partial charge in [0.25, 0.3) is 0 Å². The van der Waals surface area contributed by atoms with Crippen molar-refractivity contribution in [1.29, 1.82) is 0 Å². The zero-order chi connectivity index (χ0) is 8.97. The molecule has 3 heteroatoms. The molecule has 0 aliphatic rings. The fourth-order valence-electron chi connectivity index (χ4n) is 0.960. The smallest absolute Gasteiger partial charge is 0.226 e. The summed E-state index contributed by atoms with van der Waals surface area (Å²) in [5.41, 5.74) is 1.19. The molecular weight excluding hydrogens is 176 g/mol. The van der Waals surface area contributed by atoms with Gasteiger partial charge in [-0.2, -0.15) is 0 Å². The van der Waals surface area contributed by atoms with Gasteiger partial charge in [-0.25, -0.2) is 0 Å². The van der Waals surface area contributed by atoms with Crippen LogP contribution in [0.1, 0.15) is 15.9 Å². The molecule has 0 amide bonds. The average molecular weight is 183 g/mol. The number of halogens is 1. The predicted molar refractivity (Wildman–Crippen MR) is 46.4 cm³/mol. The molecule has 0 unspecified atom stereocenters. The number of carbonyl (C=O) groups is 2. The molecule has 12 heavy (non-hydrogen) atoms. The summed E-state index contributed by atoms with van der Waals surface area (Å²) in [5.74, 6) is 0. The quantitative estimate of drug-likeness (QED) is 0.528. The van der Waals surface area contributed by atoms with Crippen molar-refractivity contribution in [3.8, 4) is 0 Å². The van der Waals surface area contributed by atoms with E-state index in [0.717, 1.165) is 6.29 Å². The first-order chi connectivity index (χ1) is 5.74. The van der Waals surface area contributed by atoms with Gasteiger partial charge in [0.05, 0.1) is 0 Å². The summed E-state index contributed by atoms with van der Waals surface area (Å²) in [7, 11) is 0. The van der Waals surface area contributed by atoms with Crippen LogP contribution in [0.15, 0.2) is 24.3 Å². The highest BCUT2D eigenvalue weighted by molar-refractivity contribution is 6.63. The Hall–Kier alpha value is -1.15. The van der Waals surface area contributed by atoms with E-state index >= 15 is 0 Å². The van der Waals surface area contributed by atoms with Crippen LogP contribution in [0, 0.1) is 0 Å². The Kier molecular flexibility index (Phi) is 3.00. The Balaban J connectivity index is 2.96. The maximum atomic E-state index is 10.5. The van der Waals surface area contributed by atoms with Crippen LogP contribution in [0.4, 0.5) is 0 Å². The summed E-state index contributed by atoms with van der Waals surface area (Å²) < 4.78 is 0. The lowest BCUT2D eigenvalue weighted by atomic mass is 10.1. The molecule has 0 spiro atoms. The van der Waals surface area contributed by atoms with E-state index in [1.807, 2.05) is 0 Å². The highest BCUT2D eigenvalue weighted by Crippen LogP contribution is 2.07.